The van der Waals surface area contributed by atoms with Gasteiger partial charge in [-0.1, -0.05) is 58.4 Å². The van der Waals surface area contributed by atoms with Gasteiger partial charge in [-0.05, 0) is 30.2 Å². The van der Waals surface area contributed by atoms with Gasteiger partial charge in [-0.3, -0.25) is 14.2 Å². The molecule has 0 aliphatic heterocycles. The number of nitrogens with zero attached hydrogens (tertiary/aromatic N) is 2. The third-order valence-electron chi connectivity index (χ3n) is 4.71. The average molecular weight is 468 g/mol. The minimum absolute atomic E-state index is 0.0748. The molecule has 5 nitrogen and oxygen atoms in total. The molecular formula is C22H18BrN3O2S. The molecule has 2 aromatic carbocycles. The zero-order chi connectivity index (χ0) is 20.4. The molecule has 0 unspecified atom stereocenters. The first-order valence-electron chi connectivity index (χ1n) is 9.10. The highest BCUT2D eigenvalue weighted by atomic mass is 79.9. The lowest BCUT2D eigenvalue weighted by Gasteiger charge is -2.14. The number of fused-ring (bicyclic) bond motifs is 1. The first-order valence-corrected chi connectivity index (χ1v) is 10.8. The standard InChI is InChI=1S/C22H18BrN3O2S/c1-14(15-5-3-2-4-6-15)25-19(27)11-26-13-24-21-20(22(26)28)18(12-29-21)16-7-9-17(23)10-8-16/h2-10,12-14H,11H2,1H3,(H,25,27)/t14-/m0/s1. The highest BCUT2D eigenvalue weighted by molar-refractivity contribution is 9.10. The summed E-state index contributed by atoms with van der Waals surface area (Å²) in [6.45, 7) is 1.84. The molecule has 4 aromatic rings. The highest BCUT2D eigenvalue weighted by Gasteiger charge is 2.16. The molecule has 0 radical (unpaired) electrons. The van der Waals surface area contributed by atoms with Gasteiger partial charge in [0.2, 0.25) is 5.91 Å². The third-order valence-corrected chi connectivity index (χ3v) is 6.12. The third kappa shape index (κ3) is 4.16. The molecule has 1 amide bonds. The fraction of sp³-hybridized carbons (Fsp3) is 0.136. The Morgan fingerprint density at radius 2 is 1.90 bits per heavy atom. The predicted molar refractivity (Wildman–Crippen MR) is 120 cm³/mol. The van der Waals surface area contributed by atoms with Crippen LogP contribution < -0.4 is 10.9 Å². The normalized spacial score (nSPS) is 12.1. The lowest BCUT2D eigenvalue weighted by Crippen LogP contribution is -2.33. The minimum Gasteiger partial charge on any atom is -0.348 e. The number of rotatable bonds is 5. The van der Waals surface area contributed by atoms with Gasteiger partial charge in [0, 0.05) is 15.4 Å². The van der Waals surface area contributed by atoms with Crippen LogP contribution in [0.1, 0.15) is 18.5 Å². The van der Waals surface area contributed by atoms with Crippen molar-refractivity contribution in [1.82, 2.24) is 14.9 Å². The van der Waals surface area contributed by atoms with Gasteiger partial charge in [-0.15, -0.1) is 11.3 Å². The molecule has 0 aliphatic rings. The van der Waals surface area contributed by atoms with Crippen LogP contribution in [0.15, 0.2) is 75.6 Å². The van der Waals surface area contributed by atoms with Crippen molar-refractivity contribution in [2.75, 3.05) is 0 Å². The number of benzene rings is 2. The number of hydrogen-bond acceptors (Lipinski definition) is 4. The van der Waals surface area contributed by atoms with Crippen LogP contribution in [-0.2, 0) is 11.3 Å². The van der Waals surface area contributed by atoms with Gasteiger partial charge in [-0.25, -0.2) is 4.98 Å². The number of aromatic nitrogens is 2. The van der Waals surface area contributed by atoms with E-state index in [1.54, 1.807) is 0 Å². The van der Waals surface area contributed by atoms with Crippen molar-refractivity contribution in [1.29, 1.82) is 0 Å². The Balaban J connectivity index is 1.60. The van der Waals surface area contributed by atoms with Crippen molar-refractivity contribution in [3.63, 3.8) is 0 Å². The fourth-order valence-electron chi connectivity index (χ4n) is 3.19. The molecule has 29 heavy (non-hydrogen) atoms. The van der Waals surface area contributed by atoms with Crippen molar-refractivity contribution in [2.24, 2.45) is 0 Å². The number of carbonyl (C=O) groups excluding carboxylic acids is 1. The van der Waals surface area contributed by atoms with Crippen LogP contribution in [0.25, 0.3) is 21.3 Å². The summed E-state index contributed by atoms with van der Waals surface area (Å²) in [4.78, 5) is 30.7. The smallest absolute Gasteiger partial charge is 0.263 e. The topological polar surface area (TPSA) is 64.0 Å². The summed E-state index contributed by atoms with van der Waals surface area (Å²) < 4.78 is 2.34. The maximum absolute atomic E-state index is 13.1. The van der Waals surface area contributed by atoms with Crippen LogP contribution in [0.5, 0.6) is 0 Å². The highest BCUT2D eigenvalue weighted by Crippen LogP contribution is 2.31. The van der Waals surface area contributed by atoms with Crippen molar-refractivity contribution >= 4 is 43.4 Å². The van der Waals surface area contributed by atoms with E-state index in [9.17, 15) is 9.59 Å². The van der Waals surface area contributed by atoms with Crippen LogP contribution >= 0.6 is 27.3 Å². The average Bonchev–Trinajstić information content (AvgIpc) is 3.16. The largest absolute Gasteiger partial charge is 0.348 e. The summed E-state index contributed by atoms with van der Waals surface area (Å²) in [6, 6.07) is 17.4. The van der Waals surface area contributed by atoms with E-state index in [-0.39, 0.29) is 24.1 Å². The van der Waals surface area contributed by atoms with E-state index in [1.165, 1.54) is 22.2 Å². The lowest BCUT2D eigenvalue weighted by atomic mass is 10.1. The Kier molecular flexibility index (Phi) is 5.60. The van der Waals surface area contributed by atoms with Gasteiger partial charge in [0.05, 0.1) is 17.8 Å². The molecule has 0 fully saturated rings. The first-order chi connectivity index (χ1) is 14.0. The first kappa shape index (κ1) is 19.5. The zero-order valence-corrected chi connectivity index (χ0v) is 18.0. The number of hydrogen-bond donors (Lipinski definition) is 1. The van der Waals surface area contributed by atoms with Gasteiger partial charge in [-0.2, -0.15) is 0 Å². The maximum Gasteiger partial charge on any atom is 0.263 e. The number of nitrogens with one attached hydrogen (secondary N) is 1. The molecule has 0 aliphatic carbocycles. The number of amides is 1. The van der Waals surface area contributed by atoms with E-state index in [2.05, 4.69) is 26.2 Å². The van der Waals surface area contributed by atoms with Crippen LogP contribution in [0, 0.1) is 0 Å². The molecule has 1 atom stereocenters. The van der Waals surface area contributed by atoms with Gasteiger partial charge >= 0.3 is 0 Å². The van der Waals surface area contributed by atoms with Gasteiger partial charge in [0.15, 0.2) is 0 Å². The van der Waals surface area contributed by atoms with Crippen molar-refractivity contribution in [2.45, 2.75) is 19.5 Å². The van der Waals surface area contributed by atoms with Crippen molar-refractivity contribution in [3.8, 4) is 11.1 Å². The molecule has 0 spiro atoms. The number of halogens is 1. The van der Waals surface area contributed by atoms with Crippen molar-refractivity contribution < 1.29 is 4.79 Å². The summed E-state index contributed by atoms with van der Waals surface area (Å²) >= 11 is 4.85. The molecular weight excluding hydrogens is 450 g/mol. The molecule has 2 aromatic heterocycles. The van der Waals surface area contributed by atoms with Crippen molar-refractivity contribution in [3.05, 3.63) is 86.7 Å². The van der Waals surface area contributed by atoms with E-state index in [4.69, 9.17) is 0 Å². The number of carbonyl (C=O) groups is 1. The Morgan fingerprint density at radius 3 is 2.62 bits per heavy atom. The van der Waals surface area contributed by atoms with Gasteiger partial charge in [0.25, 0.3) is 5.56 Å². The van der Waals surface area contributed by atoms with E-state index >= 15 is 0 Å². The Morgan fingerprint density at radius 1 is 1.17 bits per heavy atom. The summed E-state index contributed by atoms with van der Waals surface area (Å²) in [6.07, 6.45) is 1.44. The fourth-order valence-corrected chi connectivity index (χ4v) is 4.36. The zero-order valence-electron chi connectivity index (χ0n) is 15.6. The maximum atomic E-state index is 13.1. The second kappa shape index (κ2) is 8.31. The van der Waals surface area contributed by atoms with Crippen LogP contribution in [0.2, 0.25) is 0 Å². The SMILES string of the molecule is C[C@H](NC(=O)Cn1cnc2scc(-c3ccc(Br)cc3)c2c1=O)c1ccccc1. The summed E-state index contributed by atoms with van der Waals surface area (Å²) in [5.41, 5.74) is 2.58. The Bertz CT molecular complexity index is 1220. The molecule has 2 heterocycles. The molecule has 0 saturated heterocycles. The molecule has 7 heteroatoms. The molecule has 1 N–H and O–H groups in total. The van der Waals surface area contributed by atoms with E-state index in [1.807, 2.05) is 66.9 Å². The van der Waals surface area contributed by atoms with E-state index in [0.29, 0.717) is 10.2 Å². The molecule has 0 bridgehead atoms. The van der Waals surface area contributed by atoms with Gasteiger partial charge < -0.3 is 5.32 Å². The Hall–Kier alpha value is -2.77. The van der Waals surface area contributed by atoms with E-state index < -0.39 is 0 Å². The quantitative estimate of drug-likeness (QED) is 0.459. The number of thiophene rings is 1. The summed E-state index contributed by atoms with van der Waals surface area (Å²) in [5.74, 6) is -0.231. The predicted octanol–water partition coefficient (Wildman–Crippen LogP) is 4.76. The van der Waals surface area contributed by atoms with E-state index in [0.717, 1.165) is 21.2 Å². The van der Waals surface area contributed by atoms with Crippen LogP contribution in [0.4, 0.5) is 0 Å². The second-order valence-electron chi connectivity index (χ2n) is 6.71. The van der Waals surface area contributed by atoms with Crippen LogP contribution in [-0.4, -0.2) is 15.5 Å². The van der Waals surface area contributed by atoms with Crippen LogP contribution in [0.3, 0.4) is 0 Å². The summed E-state index contributed by atoms with van der Waals surface area (Å²) in [5, 5.41) is 5.42. The second-order valence-corrected chi connectivity index (χ2v) is 8.49. The minimum atomic E-state index is -0.231. The Labute approximate surface area is 180 Å². The lowest BCUT2D eigenvalue weighted by molar-refractivity contribution is -0.122. The monoisotopic (exact) mass is 467 g/mol. The van der Waals surface area contributed by atoms with Gasteiger partial charge in [0.1, 0.15) is 11.4 Å². The summed E-state index contributed by atoms with van der Waals surface area (Å²) in [7, 11) is 0. The molecule has 0 saturated carbocycles. The molecule has 4 rings (SSSR count). The molecule has 146 valence electrons.